The fourth-order valence-corrected chi connectivity index (χ4v) is 2.11. The Kier molecular flexibility index (Phi) is 3.13. The van der Waals surface area contributed by atoms with Gasteiger partial charge in [-0.05, 0) is 31.9 Å². The minimum absolute atomic E-state index is 0.103. The minimum atomic E-state index is 0.103. The van der Waals surface area contributed by atoms with Crippen molar-refractivity contribution < 1.29 is 4.79 Å². The number of nitrogens with zero attached hydrogens (tertiary/aromatic N) is 1. The number of amides is 1. The summed E-state index contributed by atoms with van der Waals surface area (Å²) in [5.41, 5.74) is 2.56. The summed E-state index contributed by atoms with van der Waals surface area (Å²) in [7, 11) is 0. The van der Waals surface area contributed by atoms with Gasteiger partial charge in [-0.3, -0.25) is 4.79 Å². The van der Waals surface area contributed by atoms with Crippen LogP contribution < -0.4 is 10.2 Å². The van der Waals surface area contributed by atoms with Crippen LogP contribution in [0.2, 0.25) is 0 Å². The minimum Gasteiger partial charge on any atom is -0.362 e. The number of hydrogen-bond acceptors (Lipinski definition) is 2. The van der Waals surface area contributed by atoms with E-state index in [4.69, 9.17) is 0 Å². The Hall–Kier alpha value is -1.51. The topological polar surface area (TPSA) is 32.3 Å². The molecule has 0 saturated carbocycles. The molecule has 3 heteroatoms. The Bertz CT molecular complexity index is 387. The summed E-state index contributed by atoms with van der Waals surface area (Å²) < 4.78 is 0. The van der Waals surface area contributed by atoms with Gasteiger partial charge in [0.05, 0.1) is 6.54 Å². The third-order valence-corrected chi connectivity index (χ3v) is 2.77. The van der Waals surface area contributed by atoms with Crippen LogP contribution >= 0.6 is 0 Å². The molecule has 1 aromatic carbocycles. The van der Waals surface area contributed by atoms with Crippen molar-refractivity contribution in [2.45, 2.75) is 26.3 Å². The third kappa shape index (κ3) is 2.35. The monoisotopic (exact) mass is 218 g/mol. The van der Waals surface area contributed by atoms with Gasteiger partial charge in [0.15, 0.2) is 0 Å². The number of hydrogen-bond donors (Lipinski definition) is 1. The number of carbonyl (C=O) groups is 1. The highest BCUT2D eigenvalue weighted by atomic mass is 16.2. The smallest absolute Gasteiger partial charge is 0.239 e. The van der Waals surface area contributed by atoms with E-state index in [0.717, 1.165) is 13.0 Å². The Morgan fingerprint density at radius 3 is 2.94 bits per heavy atom. The molecule has 1 heterocycles. The van der Waals surface area contributed by atoms with Crippen molar-refractivity contribution in [1.29, 1.82) is 0 Å². The predicted octanol–water partition coefficient (Wildman–Crippen LogP) is 1.57. The van der Waals surface area contributed by atoms with Crippen molar-refractivity contribution in [3.63, 3.8) is 0 Å². The molecule has 1 N–H and O–H groups in total. The highest BCUT2D eigenvalue weighted by Crippen LogP contribution is 2.26. The molecule has 0 saturated heterocycles. The normalized spacial score (nSPS) is 14.1. The molecule has 0 atom stereocenters. The molecular formula is C13H18N2O. The number of fused-ring (bicyclic) bond motifs is 1. The van der Waals surface area contributed by atoms with E-state index in [-0.39, 0.29) is 11.9 Å². The van der Waals surface area contributed by atoms with Gasteiger partial charge in [0.25, 0.3) is 0 Å². The maximum atomic E-state index is 11.7. The Morgan fingerprint density at radius 1 is 1.44 bits per heavy atom. The van der Waals surface area contributed by atoms with Crippen LogP contribution in [0.1, 0.15) is 19.4 Å². The SMILES string of the molecule is CC(C)NC(=O)CN1CCc2ccccc21. The van der Waals surface area contributed by atoms with Crippen molar-refractivity contribution in [2.24, 2.45) is 0 Å². The summed E-state index contributed by atoms with van der Waals surface area (Å²) in [6.07, 6.45) is 1.05. The first-order valence-electron chi connectivity index (χ1n) is 5.79. The molecule has 0 radical (unpaired) electrons. The molecular weight excluding hydrogens is 200 g/mol. The lowest BCUT2D eigenvalue weighted by atomic mass is 10.2. The van der Waals surface area contributed by atoms with Crippen molar-refractivity contribution in [3.05, 3.63) is 29.8 Å². The first kappa shape index (κ1) is 11.0. The molecule has 0 aromatic heterocycles. The summed E-state index contributed by atoms with van der Waals surface area (Å²) in [6, 6.07) is 8.51. The van der Waals surface area contributed by atoms with Gasteiger partial charge in [-0.2, -0.15) is 0 Å². The third-order valence-electron chi connectivity index (χ3n) is 2.77. The number of benzene rings is 1. The van der Waals surface area contributed by atoms with E-state index in [9.17, 15) is 4.79 Å². The van der Waals surface area contributed by atoms with E-state index in [2.05, 4.69) is 28.4 Å². The molecule has 1 aromatic rings. The van der Waals surface area contributed by atoms with Crippen LogP contribution in [0.15, 0.2) is 24.3 Å². The summed E-state index contributed by atoms with van der Waals surface area (Å²) >= 11 is 0. The molecule has 1 amide bonds. The van der Waals surface area contributed by atoms with E-state index >= 15 is 0 Å². The van der Waals surface area contributed by atoms with Crippen LogP contribution in [-0.4, -0.2) is 25.0 Å². The number of nitrogens with one attached hydrogen (secondary N) is 1. The van der Waals surface area contributed by atoms with Crippen molar-refractivity contribution in [1.82, 2.24) is 5.32 Å². The van der Waals surface area contributed by atoms with E-state index in [1.54, 1.807) is 0 Å². The van der Waals surface area contributed by atoms with Gasteiger partial charge in [-0.1, -0.05) is 18.2 Å². The van der Waals surface area contributed by atoms with Gasteiger partial charge in [-0.15, -0.1) is 0 Å². The summed E-state index contributed by atoms with van der Waals surface area (Å²) in [6.45, 7) is 5.38. The summed E-state index contributed by atoms with van der Waals surface area (Å²) in [5.74, 6) is 0.103. The zero-order chi connectivity index (χ0) is 11.5. The number of carbonyl (C=O) groups excluding carboxylic acids is 1. The van der Waals surface area contributed by atoms with Crippen LogP contribution in [0.4, 0.5) is 5.69 Å². The second-order valence-electron chi connectivity index (χ2n) is 4.52. The predicted molar refractivity (Wildman–Crippen MR) is 65.6 cm³/mol. The largest absolute Gasteiger partial charge is 0.362 e. The molecule has 0 fully saturated rings. The zero-order valence-corrected chi connectivity index (χ0v) is 9.86. The van der Waals surface area contributed by atoms with E-state index in [1.807, 2.05) is 19.9 Å². The molecule has 16 heavy (non-hydrogen) atoms. The van der Waals surface area contributed by atoms with E-state index < -0.39 is 0 Å². The van der Waals surface area contributed by atoms with Crippen molar-refractivity contribution in [3.8, 4) is 0 Å². The van der Waals surface area contributed by atoms with Crippen LogP contribution in [0.25, 0.3) is 0 Å². The van der Waals surface area contributed by atoms with E-state index in [1.165, 1.54) is 11.3 Å². The molecule has 1 aliphatic rings. The summed E-state index contributed by atoms with van der Waals surface area (Å²) in [5, 5.41) is 2.92. The van der Waals surface area contributed by atoms with Crippen LogP contribution in [-0.2, 0) is 11.2 Å². The lowest BCUT2D eigenvalue weighted by Crippen LogP contribution is -2.39. The first-order chi connectivity index (χ1) is 7.66. The average molecular weight is 218 g/mol. The number of anilines is 1. The summed E-state index contributed by atoms with van der Waals surface area (Å²) in [4.78, 5) is 13.8. The molecule has 0 bridgehead atoms. The molecule has 3 nitrogen and oxygen atoms in total. The molecule has 2 rings (SSSR count). The van der Waals surface area contributed by atoms with Crippen LogP contribution in [0.5, 0.6) is 0 Å². The van der Waals surface area contributed by atoms with E-state index in [0.29, 0.717) is 6.54 Å². The van der Waals surface area contributed by atoms with Gasteiger partial charge in [0.1, 0.15) is 0 Å². The second-order valence-corrected chi connectivity index (χ2v) is 4.52. The van der Waals surface area contributed by atoms with Crippen molar-refractivity contribution in [2.75, 3.05) is 18.0 Å². The average Bonchev–Trinajstić information content (AvgIpc) is 2.61. The molecule has 0 aliphatic carbocycles. The number of rotatable bonds is 3. The van der Waals surface area contributed by atoms with Gasteiger partial charge in [0, 0.05) is 18.3 Å². The Morgan fingerprint density at radius 2 is 2.19 bits per heavy atom. The highest BCUT2D eigenvalue weighted by Gasteiger charge is 2.20. The van der Waals surface area contributed by atoms with Gasteiger partial charge in [-0.25, -0.2) is 0 Å². The van der Waals surface area contributed by atoms with Gasteiger partial charge in [0.2, 0.25) is 5.91 Å². The highest BCUT2D eigenvalue weighted by molar-refractivity contribution is 5.82. The molecule has 0 unspecified atom stereocenters. The van der Waals surface area contributed by atoms with Crippen LogP contribution in [0.3, 0.4) is 0 Å². The maximum Gasteiger partial charge on any atom is 0.239 e. The molecule has 0 spiro atoms. The lowest BCUT2D eigenvalue weighted by molar-refractivity contribution is -0.120. The van der Waals surface area contributed by atoms with Gasteiger partial charge < -0.3 is 10.2 Å². The first-order valence-corrected chi connectivity index (χ1v) is 5.79. The molecule has 1 aliphatic heterocycles. The number of para-hydroxylation sites is 1. The Labute approximate surface area is 96.5 Å². The lowest BCUT2D eigenvalue weighted by Gasteiger charge is -2.19. The maximum absolute atomic E-state index is 11.7. The Balaban J connectivity index is 2.00. The fourth-order valence-electron chi connectivity index (χ4n) is 2.11. The van der Waals surface area contributed by atoms with Gasteiger partial charge >= 0.3 is 0 Å². The van der Waals surface area contributed by atoms with Crippen molar-refractivity contribution >= 4 is 11.6 Å². The standard InChI is InChI=1S/C13H18N2O/c1-10(2)14-13(16)9-15-8-7-11-5-3-4-6-12(11)15/h3-6,10H,7-9H2,1-2H3,(H,14,16). The quantitative estimate of drug-likeness (QED) is 0.835. The molecule has 86 valence electrons. The van der Waals surface area contributed by atoms with Crippen LogP contribution in [0, 0.1) is 0 Å². The fraction of sp³-hybridized carbons (Fsp3) is 0.462. The zero-order valence-electron chi connectivity index (χ0n) is 9.86. The second kappa shape index (κ2) is 4.56.